The minimum atomic E-state index is 0.0625. The number of amides is 1. The first-order valence-electron chi connectivity index (χ1n) is 9.50. The Morgan fingerprint density at radius 1 is 1.15 bits per heavy atom. The number of rotatable bonds is 5. The average Bonchev–Trinajstić information content (AvgIpc) is 3.33. The van der Waals surface area contributed by atoms with Gasteiger partial charge < -0.3 is 9.47 Å². The van der Waals surface area contributed by atoms with Crippen LogP contribution in [0.1, 0.15) is 35.4 Å². The molecule has 3 heterocycles. The Bertz CT molecular complexity index is 890. The zero-order valence-corrected chi connectivity index (χ0v) is 16.7. The van der Waals surface area contributed by atoms with E-state index in [4.69, 9.17) is 0 Å². The number of hydrogen-bond donors (Lipinski definition) is 0. The number of nitrogens with zero attached hydrogens (tertiary/aromatic N) is 5. The van der Waals surface area contributed by atoms with Gasteiger partial charge in [-0.25, -0.2) is 9.97 Å². The van der Waals surface area contributed by atoms with Gasteiger partial charge in [0.2, 0.25) is 0 Å². The zero-order chi connectivity index (χ0) is 18.8. The van der Waals surface area contributed by atoms with Crippen molar-refractivity contribution in [2.24, 2.45) is 0 Å². The van der Waals surface area contributed by atoms with E-state index in [1.54, 1.807) is 0 Å². The smallest absolute Gasteiger partial charge is 0.282 e. The number of thiazole rings is 1. The summed E-state index contributed by atoms with van der Waals surface area (Å²) >= 11 is 1.49. The van der Waals surface area contributed by atoms with Gasteiger partial charge in [0.25, 0.3) is 5.91 Å². The van der Waals surface area contributed by atoms with Crippen LogP contribution in [0.2, 0.25) is 0 Å². The Labute approximate surface area is 163 Å². The van der Waals surface area contributed by atoms with Gasteiger partial charge in [0, 0.05) is 57.6 Å². The summed E-state index contributed by atoms with van der Waals surface area (Å²) in [7, 11) is 0. The van der Waals surface area contributed by atoms with E-state index >= 15 is 0 Å². The largest absolute Gasteiger partial charge is 0.334 e. The summed E-state index contributed by atoms with van der Waals surface area (Å²) in [5, 5.41) is 0.602. The second kappa shape index (κ2) is 7.78. The van der Waals surface area contributed by atoms with Crippen molar-refractivity contribution in [3.05, 3.63) is 47.5 Å². The van der Waals surface area contributed by atoms with Gasteiger partial charge >= 0.3 is 0 Å². The summed E-state index contributed by atoms with van der Waals surface area (Å²) in [5.74, 6) is 1.63. The number of piperazine rings is 1. The fourth-order valence-corrected chi connectivity index (χ4v) is 4.47. The molecule has 1 aliphatic heterocycles. The molecule has 0 aliphatic carbocycles. The van der Waals surface area contributed by atoms with Crippen LogP contribution in [0.25, 0.3) is 10.2 Å². The normalized spacial score (nSPS) is 15.7. The van der Waals surface area contributed by atoms with Crippen molar-refractivity contribution in [3.63, 3.8) is 0 Å². The Hall–Kier alpha value is -2.25. The topological polar surface area (TPSA) is 54.3 Å². The molecule has 142 valence electrons. The summed E-state index contributed by atoms with van der Waals surface area (Å²) in [6.45, 7) is 9.60. The molecule has 0 radical (unpaired) electrons. The van der Waals surface area contributed by atoms with E-state index in [9.17, 15) is 4.79 Å². The molecule has 0 bridgehead atoms. The van der Waals surface area contributed by atoms with Crippen molar-refractivity contribution in [1.29, 1.82) is 0 Å². The Morgan fingerprint density at radius 3 is 2.67 bits per heavy atom. The third-order valence-electron chi connectivity index (χ3n) is 5.06. The van der Waals surface area contributed by atoms with E-state index in [1.807, 2.05) is 35.4 Å². The van der Waals surface area contributed by atoms with E-state index in [-0.39, 0.29) is 5.91 Å². The third-order valence-corrected chi connectivity index (χ3v) is 6.08. The molecule has 1 fully saturated rings. The van der Waals surface area contributed by atoms with Crippen LogP contribution in [0.4, 0.5) is 0 Å². The Kier molecular flexibility index (Phi) is 5.22. The van der Waals surface area contributed by atoms with Crippen LogP contribution < -0.4 is 0 Å². The van der Waals surface area contributed by atoms with Crippen LogP contribution in [0.3, 0.4) is 0 Å². The van der Waals surface area contributed by atoms with Crippen molar-refractivity contribution in [2.75, 3.05) is 32.7 Å². The monoisotopic (exact) mass is 383 g/mol. The van der Waals surface area contributed by atoms with Gasteiger partial charge in [0.05, 0.1) is 10.2 Å². The number of fused-ring (bicyclic) bond motifs is 1. The van der Waals surface area contributed by atoms with Gasteiger partial charge in [-0.1, -0.05) is 26.0 Å². The van der Waals surface area contributed by atoms with Crippen LogP contribution in [0.15, 0.2) is 36.7 Å². The van der Waals surface area contributed by atoms with Gasteiger partial charge in [0.1, 0.15) is 5.82 Å². The lowest BCUT2D eigenvalue weighted by molar-refractivity contribution is 0.0632. The zero-order valence-electron chi connectivity index (χ0n) is 15.8. The highest BCUT2D eigenvalue weighted by Gasteiger charge is 2.24. The van der Waals surface area contributed by atoms with Crippen LogP contribution in [-0.2, 0) is 6.54 Å². The lowest BCUT2D eigenvalue weighted by atomic mass is 10.2. The van der Waals surface area contributed by atoms with Crippen LogP contribution in [-0.4, -0.2) is 63.0 Å². The molecule has 1 aliphatic rings. The molecule has 0 saturated carbocycles. The van der Waals surface area contributed by atoms with Crippen LogP contribution >= 0.6 is 11.3 Å². The molecule has 4 rings (SSSR count). The molecule has 27 heavy (non-hydrogen) atoms. The first-order valence-corrected chi connectivity index (χ1v) is 10.3. The molecule has 1 saturated heterocycles. The molecule has 0 spiro atoms. The van der Waals surface area contributed by atoms with Crippen molar-refractivity contribution in [1.82, 2.24) is 24.3 Å². The van der Waals surface area contributed by atoms with Gasteiger partial charge in [-0.05, 0) is 12.1 Å². The van der Waals surface area contributed by atoms with Crippen LogP contribution in [0, 0.1) is 0 Å². The van der Waals surface area contributed by atoms with E-state index in [2.05, 4.69) is 39.5 Å². The lowest BCUT2D eigenvalue weighted by Gasteiger charge is -2.34. The highest BCUT2D eigenvalue weighted by atomic mass is 32.1. The van der Waals surface area contributed by atoms with Crippen molar-refractivity contribution in [3.8, 4) is 0 Å². The molecular formula is C20H25N5OS. The van der Waals surface area contributed by atoms with Gasteiger partial charge in [-0.15, -0.1) is 11.3 Å². The summed E-state index contributed by atoms with van der Waals surface area (Å²) in [6.07, 6.45) is 3.94. The second-order valence-electron chi connectivity index (χ2n) is 7.25. The maximum atomic E-state index is 12.8. The third kappa shape index (κ3) is 3.89. The van der Waals surface area contributed by atoms with Gasteiger partial charge in [-0.2, -0.15) is 0 Å². The van der Waals surface area contributed by atoms with Crippen molar-refractivity contribution >= 4 is 27.5 Å². The minimum Gasteiger partial charge on any atom is -0.334 e. The van der Waals surface area contributed by atoms with Gasteiger partial charge in [0.15, 0.2) is 5.01 Å². The van der Waals surface area contributed by atoms with Crippen molar-refractivity contribution < 1.29 is 4.79 Å². The first kappa shape index (κ1) is 18.1. The van der Waals surface area contributed by atoms with E-state index in [0.29, 0.717) is 10.9 Å². The molecule has 0 atom stereocenters. The fraction of sp³-hybridized carbons (Fsp3) is 0.450. The standard InChI is InChI=1S/C20H25N5OS/c1-15(2)18-21-7-8-24(18)12-9-23-10-13-25(14-11-23)20(26)19-22-16-5-3-4-6-17(16)27-19/h3-8,15H,9-14H2,1-2H3. The number of aromatic nitrogens is 3. The predicted octanol–water partition coefficient (Wildman–Crippen LogP) is 3.07. The number of carbonyl (C=O) groups excluding carboxylic acids is 1. The van der Waals surface area contributed by atoms with Gasteiger partial charge in [-0.3, -0.25) is 9.69 Å². The van der Waals surface area contributed by atoms with Crippen molar-refractivity contribution in [2.45, 2.75) is 26.3 Å². The summed E-state index contributed by atoms with van der Waals surface area (Å²) in [6, 6.07) is 7.92. The van der Waals surface area contributed by atoms with Crippen LogP contribution in [0.5, 0.6) is 0 Å². The maximum Gasteiger partial charge on any atom is 0.282 e. The SMILES string of the molecule is CC(C)c1nccn1CCN1CCN(C(=O)c2nc3ccccc3s2)CC1. The number of imidazole rings is 1. The maximum absolute atomic E-state index is 12.8. The lowest BCUT2D eigenvalue weighted by Crippen LogP contribution is -2.49. The molecule has 2 aromatic heterocycles. The molecule has 7 heteroatoms. The average molecular weight is 384 g/mol. The molecule has 0 unspecified atom stereocenters. The number of para-hydroxylation sites is 1. The Morgan fingerprint density at radius 2 is 1.93 bits per heavy atom. The number of benzene rings is 1. The molecule has 1 aromatic carbocycles. The summed E-state index contributed by atoms with van der Waals surface area (Å²) < 4.78 is 3.31. The summed E-state index contributed by atoms with van der Waals surface area (Å²) in [4.78, 5) is 26.1. The highest BCUT2D eigenvalue weighted by molar-refractivity contribution is 7.20. The predicted molar refractivity (Wildman–Crippen MR) is 108 cm³/mol. The molecule has 6 nitrogen and oxygen atoms in total. The van der Waals surface area contributed by atoms with E-state index in [0.717, 1.165) is 55.3 Å². The molecule has 3 aromatic rings. The Balaban J connectivity index is 1.32. The molecule has 1 amide bonds. The molecule has 0 N–H and O–H groups in total. The highest BCUT2D eigenvalue weighted by Crippen LogP contribution is 2.23. The minimum absolute atomic E-state index is 0.0625. The summed E-state index contributed by atoms with van der Waals surface area (Å²) in [5.41, 5.74) is 0.908. The van der Waals surface area contributed by atoms with E-state index < -0.39 is 0 Å². The molecular weight excluding hydrogens is 358 g/mol. The van der Waals surface area contributed by atoms with E-state index in [1.165, 1.54) is 11.3 Å². The fourth-order valence-electron chi connectivity index (χ4n) is 3.53. The number of hydrogen-bond acceptors (Lipinski definition) is 5. The quantitative estimate of drug-likeness (QED) is 0.679. The second-order valence-corrected chi connectivity index (χ2v) is 8.28. The first-order chi connectivity index (χ1) is 13.1. The number of carbonyl (C=O) groups is 1.